The Morgan fingerprint density at radius 3 is 2.43 bits per heavy atom. The molecule has 2 rings (SSSR count). The number of anilines is 1. The van der Waals surface area contributed by atoms with Crippen LogP contribution in [0.25, 0.3) is 0 Å². The molecule has 5 nitrogen and oxygen atoms in total. The molecule has 2 aromatic rings. The number of benzene rings is 2. The molecule has 110 valence electrons. The number of ether oxygens (including phenoxy) is 2. The summed E-state index contributed by atoms with van der Waals surface area (Å²) >= 11 is 3.34. The number of carbonyl (C=O) groups is 1. The maximum absolute atomic E-state index is 11.1. The van der Waals surface area contributed by atoms with Gasteiger partial charge in [-0.1, -0.05) is 15.9 Å². The Hall–Kier alpha value is -2.21. The molecule has 0 aromatic heterocycles. The van der Waals surface area contributed by atoms with E-state index in [4.69, 9.17) is 20.3 Å². The molecular formula is C15H14BrNO4. The fraction of sp³-hybridized carbons (Fsp3) is 0.133. The number of rotatable bonds is 6. The van der Waals surface area contributed by atoms with E-state index in [1.54, 1.807) is 0 Å². The number of nitrogen functional groups attached to an aromatic ring is 1. The molecule has 0 saturated heterocycles. The molecule has 0 unspecified atom stereocenters. The Morgan fingerprint density at radius 1 is 1.10 bits per heavy atom. The van der Waals surface area contributed by atoms with E-state index in [2.05, 4.69) is 15.9 Å². The molecule has 6 heteroatoms. The van der Waals surface area contributed by atoms with Gasteiger partial charge < -0.3 is 20.3 Å². The molecule has 0 saturated carbocycles. The van der Waals surface area contributed by atoms with E-state index in [9.17, 15) is 4.79 Å². The minimum absolute atomic E-state index is 0.0767. The summed E-state index contributed by atoms with van der Waals surface area (Å²) in [6, 6.07) is 11.8. The summed E-state index contributed by atoms with van der Waals surface area (Å²) in [6.07, 6.45) is 0. The number of hydrogen-bond donors (Lipinski definition) is 2. The fourth-order valence-corrected chi connectivity index (χ4v) is 1.94. The van der Waals surface area contributed by atoms with Crippen molar-refractivity contribution in [1.29, 1.82) is 0 Å². The molecule has 0 bridgehead atoms. The summed E-state index contributed by atoms with van der Waals surface area (Å²) in [5.74, 6) is -0.103. The van der Waals surface area contributed by atoms with Gasteiger partial charge in [0.05, 0.1) is 0 Å². The fourth-order valence-electron chi connectivity index (χ4n) is 1.68. The van der Waals surface area contributed by atoms with Crippen LogP contribution in [0.4, 0.5) is 5.69 Å². The van der Waals surface area contributed by atoms with Crippen LogP contribution in [-0.2, 0) is 0 Å². The summed E-state index contributed by atoms with van der Waals surface area (Å²) in [5, 5.41) is 9.06. The first-order chi connectivity index (χ1) is 10.1. The number of carboxylic acid groups (broad SMARTS) is 1. The first-order valence-corrected chi connectivity index (χ1v) is 6.99. The lowest BCUT2D eigenvalue weighted by molar-refractivity contribution is 0.0691. The summed E-state index contributed by atoms with van der Waals surface area (Å²) < 4.78 is 11.9. The Kier molecular flexibility index (Phi) is 5.05. The standard InChI is InChI=1S/C15H14BrNO4/c16-10-1-4-12(5-2-10)20-7-8-21-14-9-11(17)3-6-13(14)15(18)19/h1-6,9H,7-8,17H2,(H,18,19). The van der Waals surface area contributed by atoms with Crippen molar-refractivity contribution in [2.75, 3.05) is 18.9 Å². The molecule has 0 radical (unpaired) electrons. The highest BCUT2D eigenvalue weighted by molar-refractivity contribution is 9.10. The van der Waals surface area contributed by atoms with Crippen molar-refractivity contribution < 1.29 is 19.4 Å². The predicted molar refractivity (Wildman–Crippen MR) is 82.9 cm³/mol. The van der Waals surface area contributed by atoms with Gasteiger partial charge in [-0.3, -0.25) is 0 Å². The molecular weight excluding hydrogens is 338 g/mol. The monoisotopic (exact) mass is 351 g/mol. The lowest BCUT2D eigenvalue weighted by Gasteiger charge is -2.11. The number of hydrogen-bond acceptors (Lipinski definition) is 4. The van der Waals surface area contributed by atoms with Crippen molar-refractivity contribution in [2.24, 2.45) is 0 Å². The molecule has 21 heavy (non-hydrogen) atoms. The molecule has 0 aliphatic carbocycles. The van der Waals surface area contributed by atoms with Gasteiger partial charge in [0, 0.05) is 16.2 Å². The van der Waals surface area contributed by atoms with Gasteiger partial charge in [0.15, 0.2) is 0 Å². The lowest BCUT2D eigenvalue weighted by Crippen LogP contribution is -2.11. The SMILES string of the molecule is Nc1ccc(C(=O)O)c(OCCOc2ccc(Br)cc2)c1. The number of halogens is 1. The quantitative estimate of drug-likeness (QED) is 0.616. The highest BCUT2D eigenvalue weighted by Gasteiger charge is 2.11. The largest absolute Gasteiger partial charge is 0.490 e. The third-order valence-electron chi connectivity index (χ3n) is 2.66. The van der Waals surface area contributed by atoms with E-state index in [-0.39, 0.29) is 17.9 Å². The zero-order chi connectivity index (χ0) is 15.2. The maximum Gasteiger partial charge on any atom is 0.339 e. The molecule has 0 heterocycles. The van der Waals surface area contributed by atoms with Gasteiger partial charge in [0.25, 0.3) is 0 Å². The van der Waals surface area contributed by atoms with Crippen LogP contribution in [-0.4, -0.2) is 24.3 Å². The minimum Gasteiger partial charge on any atom is -0.490 e. The predicted octanol–water partition coefficient (Wildman–Crippen LogP) is 3.19. The van der Waals surface area contributed by atoms with Gasteiger partial charge in [0.2, 0.25) is 0 Å². The van der Waals surface area contributed by atoms with E-state index in [1.807, 2.05) is 24.3 Å². The highest BCUT2D eigenvalue weighted by Crippen LogP contribution is 2.22. The third kappa shape index (κ3) is 4.39. The van der Waals surface area contributed by atoms with E-state index < -0.39 is 5.97 Å². The number of nitrogens with two attached hydrogens (primary N) is 1. The van der Waals surface area contributed by atoms with Crippen molar-refractivity contribution in [3.63, 3.8) is 0 Å². The highest BCUT2D eigenvalue weighted by atomic mass is 79.9. The summed E-state index contributed by atoms with van der Waals surface area (Å²) in [4.78, 5) is 11.1. The van der Waals surface area contributed by atoms with Crippen LogP contribution >= 0.6 is 15.9 Å². The first kappa shape index (κ1) is 15.2. The number of aromatic carboxylic acids is 1. The van der Waals surface area contributed by atoms with Gasteiger partial charge in [-0.25, -0.2) is 4.79 Å². The second-order valence-corrected chi connectivity index (χ2v) is 5.13. The van der Waals surface area contributed by atoms with Gasteiger partial charge in [-0.15, -0.1) is 0 Å². The van der Waals surface area contributed by atoms with Gasteiger partial charge in [0.1, 0.15) is 30.3 Å². The zero-order valence-corrected chi connectivity index (χ0v) is 12.7. The molecule has 0 spiro atoms. The first-order valence-electron chi connectivity index (χ1n) is 6.20. The van der Waals surface area contributed by atoms with Gasteiger partial charge in [-0.05, 0) is 36.4 Å². The number of carboxylic acids is 1. The average Bonchev–Trinajstić information content (AvgIpc) is 2.45. The second-order valence-electron chi connectivity index (χ2n) is 4.21. The van der Waals surface area contributed by atoms with Crippen molar-refractivity contribution >= 4 is 27.6 Å². The Bertz CT molecular complexity index is 628. The summed E-state index contributed by atoms with van der Waals surface area (Å²) in [7, 11) is 0. The van der Waals surface area contributed by atoms with E-state index in [0.717, 1.165) is 4.47 Å². The van der Waals surface area contributed by atoms with E-state index >= 15 is 0 Å². The average molecular weight is 352 g/mol. The minimum atomic E-state index is -1.06. The van der Waals surface area contributed by atoms with Crippen LogP contribution in [0.1, 0.15) is 10.4 Å². The van der Waals surface area contributed by atoms with Gasteiger partial charge >= 0.3 is 5.97 Å². The molecule has 0 aliphatic heterocycles. The van der Waals surface area contributed by atoms with Crippen LogP contribution in [0.2, 0.25) is 0 Å². The normalized spacial score (nSPS) is 10.1. The third-order valence-corrected chi connectivity index (χ3v) is 3.19. The Labute approximate surface area is 130 Å². The smallest absolute Gasteiger partial charge is 0.339 e. The zero-order valence-electron chi connectivity index (χ0n) is 11.1. The molecule has 0 aliphatic rings. The van der Waals surface area contributed by atoms with Crippen molar-refractivity contribution in [3.8, 4) is 11.5 Å². The topological polar surface area (TPSA) is 81.8 Å². The van der Waals surface area contributed by atoms with Crippen LogP contribution in [0.3, 0.4) is 0 Å². The Balaban J connectivity index is 1.90. The van der Waals surface area contributed by atoms with Crippen molar-refractivity contribution in [3.05, 3.63) is 52.5 Å². The molecule has 2 aromatic carbocycles. The van der Waals surface area contributed by atoms with E-state index in [0.29, 0.717) is 18.0 Å². The molecule has 0 fully saturated rings. The molecule has 0 amide bonds. The molecule has 0 atom stereocenters. The maximum atomic E-state index is 11.1. The second kappa shape index (κ2) is 6.99. The van der Waals surface area contributed by atoms with Crippen molar-refractivity contribution in [2.45, 2.75) is 0 Å². The summed E-state index contributed by atoms with van der Waals surface area (Å²) in [5.41, 5.74) is 6.15. The van der Waals surface area contributed by atoms with Gasteiger partial charge in [-0.2, -0.15) is 0 Å². The van der Waals surface area contributed by atoms with Crippen molar-refractivity contribution in [1.82, 2.24) is 0 Å². The Morgan fingerprint density at radius 2 is 1.76 bits per heavy atom. The van der Waals surface area contributed by atoms with E-state index in [1.165, 1.54) is 18.2 Å². The van der Waals surface area contributed by atoms with Crippen LogP contribution in [0.5, 0.6) is 11.5 Å². The van der Waals surface area contributed by atoms with Crippen LogP contribution < -0.4 is 15.2 Å². The summed E-state index contributed by atoms with van der Waals surface area (Å²) in [6.45, 7) is 0.523. The van der Waals surface area contributed by atoms with Crippen LogP contribution in [0.15, 0.2) is 46.9 Å². The lowest BCUT2D eigenvalue weighted by atomic mass is 10.2. The molecule has 3 N–H and O–H groups in total. The van der Waals surface area contributed by atoms with Crippen LogP contribution in [0, 0.1) is 0 Å².